The second-order valence-corrected chi connectivity index (χ2v) is 7.63. The summed E-state index contributed by atoms with van der Waals surface area (Å²) in [5.74, 6) is 0.596. The highest BCUT2D eigenvalue weighted by Gasteiger charge is 2.33. The van der Waals surface area contributed by atoms with Gasteiger partial charge in [0.2, 0.25) is 0 Å². The molecule has 0 aliphatic carbocycles. The Hall–Kier alpha value is -2.92. The molecule has 2 aliphatic heterocycles. The van der Waals surface area contributed by atoms with Crippen molar-refractivity contribution in [2.45, 2.75) is 25.4 Å². The van der Waals surface area contributed by atoms with Crippen LogP contribution in [0.15, 0.2) is 65.2 Å². The van der Waals surface area contributed by atoms with Gasteiger partial charge in [-0.1, -0.05) is 59.8 Å². The highest BCUT2D eigenvalue weighted by atomic mass is 16.5. The van der Waals surface area contributed by atoms with Gasteiger partial charge in [-0.15, -0.1) is 0 Å². The van der Waals surface area contributed by atoms with Crippen molar-refractivity contribution in [2.75, 3.05) is 19.6 Å². The van der Waals surface area contributed by atoms with Crippen molar-refractivity contribution in [3.8, 4) is 11.3 Å². The summed E-state index contributed by atoms with van der Waals surface area (Å²) in [5, 5.41) is 4.02. The average Bonchev–Trinajstić information content (AvgIpc) is 3.44. The first kappa shape index (κ1) is 17.2. The van der Waals surface area contributed by atoms with E-state index in [2.05, 4.69) is 34.3 Å². The Bertz CT molecular complexity index is 982. The Morgan fingerprint density at radius 3 is 2.64 bits per heavy atom. The molecule has 0 spiro atoms. The third-order valence-electron chi connectivity index (χ3n) is 5.91. The lowest BCUT2D eigenvalue weighted by atomic mass is 9.98. The quantitative estimate of drug-likeness (QED) is 0.704. The molecule has 1 fully saturated rings. The molecule has 2 aliphatic rings. The van der Waals surface area contributed by atoms with E-state index < -0.39 is 0 Å². The average molecular weight is 373 g/mol. The van der Waals surface area contributed by atoms with E-state index in [1.54, 1.807) is 6.07 Å². The van der Waals surface area contributed by atoms with Gasteiger partial charge in [0.15, 0.2) is 11.5 Å². The van der Waals surface area contributed by atoms with E-state index in [0.717, 1.165) is 44.6 Å². The Morgan fingerprint density at radius 2 is 1.79 bits per heavy atom. The number of rotatable bonds is 3. The van der Waals surface area contributed by atoms with E-state index in [4.69, 9.17) is 4.52 Å². The topological polar surface area (TPSA) is 49.6 Å². The maximum absolute atomic E-state index is 12.9. The van der Waals surface area contributed by atoms with E-state index in [0.29, 0.717) is 17.5 Å². The van der Waals surface area contributed by atoms with Crippen molar-refractivity contribution in [2.24, 2.45) is 0 Å². The molecule has 2 aromatic carbocycles. The first-order valence-corrected chi connectivity index (χ1v) is 9.90. The Kier molecular flexibility index (Phi) is 4.45. The zero-order valence-electron chi connectivity index (χ0n) is 15.8. The number of amides is 1. The normalized spacial score (nSPS) is 19.6. The van der Waals surface area contributed by atoms with Crippen LogP contribution in [0.2, 0.25) is 0 Å². The van der Waals surface area contributed by atoms with Crippen molar-refractivity contribution < 1.29 is 9.32 Å². The van der Waals surface area contributed by atoms with Gasteiger partial charge in [0.1, 0.15) is 0 Å². The molecule has 0 saturated carbocycles. The summed E-state index contributed by atoms with van der Waals surface area (Å²) in [6.45, 7) is 3.57. The van der Waals surface area contributed by atoms with Gasteiger partial charge in [0.05, 0.1) is 0 Å². The number of benzene rings is 2. The van der Waals surface area contributed by atoms with Crippen LogP contribution >= 0.6 is 0 Å². The highest BCUT2D eigenvalue weighted by molar-refractivity contribution is 5.93. The molecule has 1 atom stereocenters. The molecule has 28 heavy (non-hydrogen) atoms. The summed E-state index contributed by atoms with van der Waals surface area (Å²) in [7, 11) is 0. The summed E-state index contributed by atoms with van der Waals surface area (Å²) in [6.07, 6.45) is 2.10. The number of hydrogen-bond acceptors (Lipinski definition) is 4. The highest BCUT2D eigenvalue weighted by Crippen LogP contribution is 2.26. The lowest BCUT2D eigenvalue weighted by molar-refractivity contribution is 0.0763. The van der Waals surface area contributed by atoms with Crippen LogP contribution in [0.25, 0.3) is 11.3 Å². The zero-order valence-corrected chi connectivity index (χ0v) is 15.8. The number of nitrogens with zero attached hydrogens (tertiary/aromatic N) is 3. The van der Waals surface area contributed by atoms with Gasteiger partial charge in [0.25, 0.3) is 5.91 Å². The number of carbonyl (C=O) groups excluding carboxylic acids is 1. The maximum atomic E-state index is 12.9. The van der Waals surface area contributed by atoms with Crippen LogP contribution in [0, 0.1) is 0 Å². The number of fused-ring (bicyclic) bond motifs is 1. The second kappa shape index (κ2) is 7.24. The van der Waals surface area contributed by atoms with Gasteiger partial charge in [-0.25, -0.2) is 0 Å². The summed E-state index contributed by atoms with van der Waals surface area (Å²) in [4.78, 5) is 17.3. The molecule has 3 aromatic rings. The first-order valence-electron chi connectivity index (χ1n) is 9.90. The number of hydrogen-bond donors (Lipinski definition) is 0. The number of likely N-dealkylation sites (tertiary alicyclic amines) is 1. The summed E-state index contributed by atoms with van der Waals surface area (Å²) in [6, 6.07) is 20.6. The molecule has 5 heteroatoms. The summed E-state index contributed by atoms with van der Waals surface area (Å²) >= 11 is 0. The van der Waals surface area contributed by atoms with E-state index in [-0.39, 0.29) is 5.91 Å². The largest absolute Gasteiger partial charge is 0.355 e. The van der Waals surface area contributed by atoms with Gasteiger partial charge in [-0.3, -0.25) is 9.69 Å². The van der Waals surface area contributed by atoms with E-state index >= 15 is 0 Å². The van der Waals surface area contributed by atoms with Crippen LogP contribution in [-0.2, 0) is 13.0 Å². The fourth-order valence-electron chi connectivity index (χ4n) is 4.33. The fraction of sp³-hybridized carbons (Fsp3) is 0.304. The second-order valence-electron chi connectivity index (χ2n) is 7.63. The molecule has 1 amide bonds. The molecule has 0 radical (unpaired) electrons. The van der Waals surface area contributed by atoms with Gasteiger partial charge >= 0.3 is 0 Å². The van der Waals surface area contributed by atoms with Crippen molar-refractivity contribution in [1.29, 1.82) is 0 Å². The minimum Gasteiger partial charge on any atom is -0.355 e. The minimum absolute atomic E-state index is 0.0363. The number of carbonyl (C=O) groups is 1. The van der Waals surface area contributed by atoms with Crippen molar-refractivity contribution >= 4 is 5.91 Å². The van der Waals surface area contributed by atoms with Crippen LogP contribution in [0.4, 0.5) is 0 Å². The fourth-order valence-corrected chi connectivity index (χ4v) is 4.33. The Morgan fingerprint density at radius 1 is 1.00 bits per heavy atom. The van der Waals surface area contributed by atoms with E-state index in [1.165, 1.54) is 11.1 Å². The van der Waals surface area contributed by atoms with Crippen LogP contribution in [0.3, 0.4) is 0 Å². The SMILES string of the molecule is O=C(c1cc(-c2ccccc2)on1)N1CCC(N2CCc3ccccc3C2)C1. The standard InChI is InChI=1S/C23H23N3O2/c27-23(21-14-22(28-24-21)18-7-2-1-3-8-18)26-13-11-20(16-26)25-12-10-17-6-4-5-9-19(17)15-25/h1-9,14,20H,10-13,15-16H2. The smallest absolute Gasteiger partial charge is 0.276 e. The molecule has 0 N–H and O–H groups in total. The molecule has 1 unspecified atom stereocenters. The Labute approximate surface area is 164 Å². The predicted octanol–water partition coefficient (Wildman–Crippen LogP) is 3.61. The minimum atomic E-state index is -0.0363. The van der Waals surface area contributed by atoms with Gasteiger partial charge in [-0.05, 0) is 24.0 Å². The van der Waals surface area contributed by atoms with Crippen LogP contribution < -0.4 is 0 Å². The molecule has 3 heterocycles. The number of aromatic nitrogens is 1. The van der Waals surface area contributed by atoms with Crippen molar-refractivity contribution in [3.05, 3.63) is 77.5 Å². The molecule has 1 saturated heterocycles. The molecule has 5 rings (SSSR count). The van der Waals surface area contributed by atoms with Crippen molar-refractivity contribution in [1.82, 2.24) is 15.0 Å². The Balaban J connectivity index is 1.25. The van der Waals surface area contributed by atoms with Crippen LogP contribution in [-0.4, -0.2) is 46.5 Å². The monoisotopic (exact) mass is 373 g/mol. The van der Waals surface area contributed by atoms with E-state index in [9.17, 15) is 4.79 Å². The molecule has 5 nitrogen and oxygen atoms in total. The molecular weight excluding hydrogens is 350 g/mol. The summed E-state index contributed by atoms with van der Waals surface area (Å²) in [5.41, 5.74) is 4.20. The zero-order chi connectivity index (χ0) is 18.9. The molecule has 0 bridgehead atoms. The van der Waals surface area contributed by atoms with Crippen LogP contribution in [0.1, 0.15) is 28.0 Å². The van der Waals surface area contributed by atoms with Gasteiger partial charge in [-0.2, -0.15) is 0 Å². The molecular formula is C23H23N3O2. The third-order valence-corrected chi connectivity index (χ3v) is 5.91. The maximum Gasteiger partial charge on any atom is 0.276 e. The lowest BCUT2D eigenvalue weighted by Crippen LogP contribution is -2.41. The van der Waals surface area contributed by atoms with Crippen molar-refractivity contribution in [3.63, 3.8) is 0 Å². The van der Waals surface area contributed by atoms with Crippen LogP contribution in [0.5, 0.6) is 0 Å². The van der Waals surface area contributed by atoms with Gasteiger partial charge < -0.3 is 9.42 Å². The summed E-state index contributed by atoms with van der Waals surface area (Å²) < 4.78 is 5.41. The molecule has 1 aromatic heterocycles. The van der Waals surface area contributed by atoms with E-state index in [1.807, 2.05) is 35.2 Å². The lowest BCUT2D eigenvalue weighted by Gasteiger charge is -2.33. The first-order chi connectivity index (χ1) is 13.8. The third kappa shape index (κ3) is 3.22. The van der Waals surface area contributed by atoms with Gasteiger partial charge in [0, 0.05) is 43.9 Å². The predicted molar refractivity (Wildman–Crippen MR) is 107 cm³/mol. The molecule has 142 valence electrons.